The van der Waals surface area contributed by atoms with Crippen molar-refractivity contribution in [2.24, 2.45) is 5.92 Å². The Labute approximate surface area is 131 Å². The number of aromatic nitrogens is 1. The molecule has 0 amide bonds. The lowest BCUT2D eigenvalue weighted by Crippen LogP contribution is -2.45. The predicted molar refractivity (Wildman–Crippen MR) is 83.9 cm³/mol. The monoisotopic (exact) mass is 307 g/mol. The first-order chi connectivity index (χ1) is 10.8. The van der Waals surface area contributed by atoms with Gasteiger partial charge in [0.1, 0.15) is 5.60 Å². The number of hydrogen-bond acceptors (Lipinski definition) is 6. The van der Waals surface area contributed by atoms with Gasteiger partial charge in [-0.1, -0.05) is 0 Å². The molecule has 22 heavy (non-hydrogen) atoms. The van der Waals surface area contributed by atoms with Crippen LogP contribution < -0.4 is 5.32 Å². The molecule has 2 aliphatic rings. The number of anilines is 1. The van der Waals surface area contributed by atoms with E-state index in [9.17, 15) is 0 Å². The zero-order valence-corrected chi connectivity index (χ0v) is 12.9. The molecule has 0 aromatic carbocycles. The second-order valence-corrected chi connectivity index (χ2v) is 6.24. The summed E-state index contributed by atoms with van der Waals surface area (Å²) in [5, 5.41) is 12.6. The van der Waals surface area contributed by atoms with Crippen LogP contribution in [0, 0.1) is 5.92 Å². The fourth-order valence-electron chi connectivity index (χ4n) is 3.33. The molecule has 6 nitrogen and oxygen atoms in total. The van der Waals surface area contributed by atoms with E-state index in [0.29, 0.717) is 25.7 Å². The van der Waals surface area contributed by atoms with Gasteiger partial charge in [-0.25, -0.2) is 0 Å². The lowest BCUT2D eigenvalue weighted by Gasteiger charge is -2.30. The van der Waals surface area contributed by atoms with Gasteiger partial charge in [0.25, 0.3) is 0 Å². The van der Waals surface area contributed by atoms with Crippen LogP contribution in [-0.2, 0) is 9.47 Å². The van der Waals surface area contributed by atoms with E-state index in [0.717, 1.165) is 38.3 Å². The van der Waals surface area contributed by atoms with Crippen molar-refractivity contribution in [3.8, 4) is 0 Å². The van der Waals surface area contributed by atoms with E-state index in [1.165, 1.54) is 0 Å². The highest BCUT2D eigenvalue weighted by Crippen LogP contribution is 2.32. The van der Waals surface area contributed by atoms with Gasteiger partial charge >= 0.3 is 0 Å². The number of pyridine rings is 1. The maximum atomic E-state index is 9.16. The third kappa shape index (κ3) is 3.95. The Hall–Kier alpha value is -1.21. The predicted octanol–water partition coefficient (Wildman–Crippen LogP) is 0.593. The van der Waals surface area contributed by atoms with Crippen LogP contribution in [0.15, 0.2) is 24.5 Å². The third-order valence-corrected chi connectivity index (χ3v) is 4.39. The summed E-state index contributed by atoms with van der Waals surface area (Å²) in [7, 11) is 0. The summed E-state index contributed by atoms with van der Waals surface area (Å²) >= 11 is 0. The molecule has 2 N–H and O–H groups in total. The Balaban J connectivity index is 1.53. The highest BCUT2D eigenvalue weighted by atomic mass is 16.5. The lowest BCUT2D eigenvalue weighted by molar-refractivity contribution is -0.0563. The second-order valence-electron chi connectivity index (χ2n) is 6.24. The average Bonchev–Trinajstić information content (AvgIpc) is 2.82. The van der Waals surface area contributed by atoms with E-state index in [1.54, 1.807) is 6.20 Å². The zero-order chi connectivity index (χ0) is 15.3. The highest BCUT2D eigenvalue weighted by Gasteiger charge is 2.42. The van der Waals surface area contributed by atoms with Crippen molar-refractivity contribution in [1.82, 2.24) is 9.88 Å². The molecular weight excluding hydrogens is 282 g/mol. The Morgan fingerprint density at radius 2 is 2.45 bits per heavy atom. The smallest absolute Gasteiger partial charge is 0.104 e. The van der Waals surface area contributed by atoms with Crippen LogP contribution in [0.2, 0.25) is 0 Å². The first kappa shape index (κ1) is 15.7. The van der Waals surface area contributed by atoms with Gasteiger partial charge in [-0.15, -0.1) is 0 Å². The summed E-state index contributed by atoms with van der Waals surface area (Å²) in [4.78, 5) is 6.35. The van der Waals surface area contributed by atoms with E-state index >= 15 is 0 Å². The molecule has 122 valence electrons. The fraction of sp³-hybridized carbons (Fsp3) is 0.688. The zero-order valence-electron chi connectivity index (χ0n) is 12.9. The molecule has 2 atom stereocenters. The van der Waals surface area contributed by atoms with Crippen molar-refractivity contribution in [2.75, 3.05) is 57.9 Å². The molecule has 2 saturated heterocycles. The topological polar surface area (TPSA) is 66.9 Å². The van der Waals surface area contributed by atoms with E-state index in [4.69, 9.17) is 14.6 Å². The largest absolute Gasteiger partial charge is 0.395 e. The van der Waals surface area contributed by atoms with Gasteiger partial charge in [-0.05, 0) is 18.6 Å². The molecule has 1 spiro atoms. The van der Waals surface area contributed by atoms with Crippen LogP contribution in [0.25, 0.3) is 0 Å². The minimum Gasteiger partial charge on any atom is -0.395 e. The normalized spacial score (nSPS) is 29.6. The maximum Gasteiger partial charge on any atom is 0.104 e. The molecule has 1 aromatic rings. The van der Waals surface area contributed by atoms with Crippen molar-refractivity contribution < 1.29 is 14.6 Å². The number of β-amino-alcohol motifs (C(OH)–C–C–N with tert-alkyl or cyclic N) is 1. The van der Waals surface area contributed by atoms with Crippen LogP contribution in [0.4, 0.5) is 5.69 Å². The van der Waals surface area contributed by atoms with Gasteiger partial charge < -0.3 is 19.9 Å². The fourth-order valence-corrected chi connectivity index (χ4v) is 3.33. The highest BCUT2D eigenvalue weighted by molar-refractivity contribution is 5.39. The molecule has 6 heteroatoms. The van der Waals surface area contributed by atoms with Gasteiger partial charge in [0.05, 0.1) is 32.1 Å². The van der Waals surface area contributed by atoms with E-state index in [1.807, 2.05) is 18.3 Å². The third-order valence-electron chi connectivity index (χ3n) is 4.39. The van der Waals surface area contributed by atoms with Crippen molar-refractivity contribution in [1.29, 1.82) is 0 Å². The summed E-state index contributed by atoms with van der Waals surface area (Å²) in [6.45, 7) is 5.58. The summed E-state index contributed by atoms with van der Waals surface area (Å²) in [5.74, 6) is 0.470. The summed E-state index contributed by atoms with van der Waals surface area (Å²) < 4.78 is 11.9. The molecule has 2 aliphatic heterocycles. The number of hydrogen-bond donors (Lipinski definition) is 2. The minimum absolute atomic E-state index is 0.183. The van der Waals surface area contributed by atoms with Crippen LogP contribution in [0.1, 0.15) is 6.42 Å². The van der Waals surface area contributed by atoms with Gasteiger partial charge in [-0.3, -0.25) is 9.88 Å². The molecule has 2 fully saturated rings. The SMILES string of the molecule is OCCN1CCOCC2(CC(CNc3cccnc3)CO2)C1. The first-order valence-corrected chi connectivity index (χ1v) is 7.98. The number of ether oxygens (including phenoxy) is 2. The standard InChI is InChI=1S/C16H25N3O3/c20-6-4-19-5-7-21-13-16(12-19)8-14(11-22-16)9-18-15-2-1-3-17-10-15/h1-3,10,14,18,20H,4-9,11-13H2. The van der Waals surface area contributed by atoms with Crippen molar-refractivity contribution in [2.45, 2.75) is 12.0 Å². The molecule has 0 bridgehead atoms. The summed E-state index contributed by atoms with van der Waals surface area (Å²) in [6.07, 6.45) is 4.60. The van der Waals surface area contributed by atoms with E-state index < -0.39 is 0 Å². The first-order valence-electron chi connectivity index (χ1n) is 7.98. The van der Waals surface area contributed by atoms with Crippen molar-refractivity contribution >= 4 is 5.69 Å². The molecule has 3 heterocycles. The lowest BCUT2D eigenvalue weighted by atomic mass is 9.94. The Morgan fingerprint density at radius 3 is 3.27 bits per heavy atom. The summed E-state index contributed by atoms with van der Waals surface area (Å²) in [6, 6.07) is 3.96. The Bertz CT molecular complexity index is 459. The number of aliphatic hydroxyl groups is 1. The molecule has 0 aliphatic carbocycles. The van der Waals surface area contributed by atoms with Crippen molar-refractivity contribution in [3.63, 3.8) is 0 Å². The van der Waals surface area contributed by atoms with Gasteiger partial charge in [0.15, 0.2) is 0 Å². The quantitative estimate of drug-likeness (QED) is 0.830. The number of nitrogens with one attached hydrogen (secondary N) is 1. The molecule has 0 saturated carbocycles. The van der Waals surface area contributed by atoms with Crippen LogP contribution in [0.5, 0.6) is 0 Å². The van der Waals surface area contributed by atoms with E-state index in [2.05, 4.69) is 15.2 Å². The van der Waals surface area contributed by atoms with Crippen LogP contribution in [0.3, 0.4) is 0 Å². The molecule has 1 aromatic heterocycles. The molecular formula is C16H25N3O3. The van der Waals surface area contributed by atoms with Gasteiger partial charge in [-0.2, -0.15) is 0 Å². The molecule has 0 radical (unpaired) electrons. The van der Waals surface area contributed by atoms with Crippen molar-refractivity contribution in [3.05, 3.63) is 24.5 Å². The molecule has 2 unspecified atom stereocenters. The Morgan fingerprint density at radius 1 is 1.50 bits per heavy atom. The van der Waals surface area contributed by atoms with Crippen LogP contribution >= 0.6 is 0 Å². The number of aliphatic hydroxyl groups excluding tert-OH is 1. The average molecular weight is 307 g/mol. The minimum atomic E-state index is -0.215. The summed E-state index contributed by atoms with van der Waals surface area (Å²) in [5.41, 5.74) is 0.829. The number of nitrogens with zero attached hydrogens (tertiary/aromatic N) is 2. The molecule has 3 rings (SSSR count). The maximum absolute atomic E-state index is 9.16. The second kappa shape index (κ2) is 7.37. The van der Waals surface area contributed by atoms with E-state index in [-0.39, 0.29) is 12.2 Å². The van der Waals surface area contributed by atoms with Gasteiger partial charge in [0, 0.05) is 44.5 Å². The van der Waals surface area contributed by atoms with Crippen LogP contribution in [-0.4, -0.2) is 73.2 Å². The number of rotatable bonds is 5. The Kier molecular flexibility index (Phi) is 5.25. The van der Waals surface area contributed by atoms with Gasteiger partial charge in [0.2, 0.25) is 0 Å².